The Hall–Kier alpha value is -0.900. The van der Waals surface area contributed by atoms with Crippen LogP contribution in [0.1, 0.15) is 0 Å². The molecule has 1 aromatic heterocycles. The summed E-state index contributed by atoms with van der Waals surface area (Å²) in [6, 6.07) is 0. The summed E-state index contributed by atoms with van der Waals surface area (Å²) in [5, 5.41) is 0. The predicted octanol–water partition coefficient (Wildman–Crippen LogP) is 0.669. The van der Waals surface area contributed by atoms with Gasteiger partial charge in [-0.1, -0.05) is 0 Å². The third-order valence-electron chi connectivity index (χ3n) is 1.16. The number of imidazole rings is 1. The van der Waals surface area contributed by atoms with Crippen LogP contribution in [-0.4, -0.2) is 23.3 Å². The van der Waals surface area contributed by atoms with Gasteiger partial charge in [-0.25, -0.2) is 4.98 Å². The molecule has 1 rings (SSSR count). The molecule has 1 heterocycles. The number of aromatic nitrogens is 2. The molecule has 0 aromatic carbocycles. The Morgan fingerprint density at radius 3 is 3.10 bits per heavy atom. The quantitative estimate of drug-likeness (QED) is 0.623. The van der Waals surface area contributed by atoms with Crippen LogP contribution in [0.2, 0.25) is 0 Å². The van der Waals surface area contributed by atoms with Gasteiger partial charge in [0, 0.05) is 13.7 Å². The van der Waals surface area contributed by atoms with Crippen LogP contribution in [0.4, 0.5) is 4.39 Å². The lowest BCUT2D eigenvalue weighted by Crippen LogP contribution is -2.00. The minimum Gasteiger partial charge on any atom is -0.383 e. The Morgan fingerprint density at radius 2 is 2.60 bits per heavy atom. The SMILES string of the molecule is COCCn1cnc(F)c1. The van der Waals surface area contributed by atoms with Crippen molar-refractivity contribution in [3.63, 3.8) is 0 Å². The Bertz CT molecular complexity index is 199. The second kappa shape index (κ2) is 3.31. The fraction of sp³-hybridized carbons (Fsp3) is 0.500. The van der Waals surface area contributed by atoms with Gasteiger partial charge in [0.25, 0.3) is 0 Å². The van der Waals surface area contributed by atoms with Crippen LogP contribution in [0.15, 0.2) is 12.5 Å². The minimum atomic E-state index is -0.448. The van der Waals surface area contributed by atoms with E-state index in [0.29, 0.717) is 13.2 Å². The molecule has 0 aliphatic carbocycles. The standard InChI is InChI=1S/C6H9FN2O/c1-10-3-2-9-4-6(7)8-5-9/h4-5H,2-3H2,1H3. The largest absolute Gasteiger partial charge is 0.383 e. The summed E-state index contributed by atoms with van der Waals surface area (Å²) in [6.07, 6.45) is 2.77. The molecule has 3 nitrogen and oxygen atoms in total. The lowest BCUT2D eigenvalue weighted by atomic mass is 10.7. The van der Waals surface area contributed by atoms with Gasteiger partial charge in [0.1, 0.15) is 0 Å². The first kappa shape index (κ1) is 7.21. The van der Waals surface area contributed by atoms with Crippen molar-refractivity contribution in [2.24, 2.45) is 0 Å². The summed E-state index contributed by atoms with van der Waals surface area (Å²) in [4.78, 5) is 3.41. The molecule has 0 aliphatic heterocycles. The van der Waals surface area contributed by atoms with E-state index >= 15 is 0 Å². The van der Waals surface area contributed by atoms with Crippen molar-refractivity contribution in [2.45, 2.75) is 6.54 Å². The fourth-order valence-electron chi connectivity index (χ4n) is 0.652. The molecular weight excluding hydrogens is 135 g/mol. The summed E-state index contributed by atoms with van der Waals surface area (Å²) >= 11 is 0. The number of rotatable bonds is 3. The van der Waals surface area contributed by atoms with E-state index in [9.17, 15) is 4.39 Å². The van der Waals surface area contributed by atoms with E-state index in [1.54, 1.807) is 11.7 Å². The molecule has 0 bridgehead atoms. The first-order chi connectivity index (χ1) is 4.83. The van der Waals surface area contributed by atoms with E-state index in [-0.39, 0.29) is 0 Å². The average Bonchev–Trinajstić information content (AvgIpc) is 2.31. The maximum atomic E-state index is 12.2. The zero-order valence-electron chi connectivity index (χ0n) is 5.75. The molecule has 0 N–H and O–H groups in total. The van der Waals surface area contributed by atoms with Crippen LogP contribution in [0, 0.1) is 5.95 Å². The van der Waals surface area contributed by atoms with Crippen molar-refractivity contribution in [3.05, 3.63) is 18.5 Å². The molecule has 0 atom stereocenters. The van der Waals surface area contributed by atoms with Crippen LogP contribution in [0.5, 0.6) is 0 Å². The molecule has 0 spiro atoms. The number of hydrogen-bond donors (Lipinski definition) is 0. The van der Waals surface area contributed by atoms with Crippen LogP contribution in [0.25, 0.3) is 0 Å². The van der Waals surface area contributed by atoms with E-state index in [1.165, 1.54) is 12.5 Å². The van der Waals surface area contributed by atoms with E-state index < -0.39 is 5.95 Å². The molecule has 0 saturated heterocycles. The molecule has 4 heteroatoms. The normalized spacial score (nSPS) is 10.2. The van der Waals surface area contributed by atoms with Crippen molar-refractivity contribution < 1.29 is 9.13 Å². The van der Waals surface area contributed by atoms with Crippen LogP contribution in [0.3, 0.4) is 0 Å². The zero-order chi connectivity index (χ0) is 7.40. The third-order valence-corrected chi connectivity index (χ3v) is 1.16. The number of hydrogen-bond acceptors (Lipinski definition) is 2. The van der Waals surface area contributed by atoms with E-state index in [2.05, 4.69) is 4.98 Å². The molecule has 0 unspecified atom stereocenters. The Morgan fingerprint density at radius 1 is 1.80 bits per heavy atom. The topological polar surface area (TPSA) is 27.1 Å². The first-order valence-electron chi connectivity index (χ1n) is 2.99. The zero-order valence-corrected chi connectivity index (χ0v) is 5.75. The number of halogens is 1. The van der Waals surface area contributed by atoms with Crippen LogP contribution >= 0.6 is 0 Å². The molecule has 0 aliphatic rings. The van der Waals surface area contributed by atoms with E-state index in [0.717, 1.165) is 0 Å². The number of nitrogens with zero attached hydrogens (tertiary/aromatic N) is 2. The highest BCUT2D eigenvalue weighted by Gasteiger charge is 1.93. The summed E-state index contributed by atoms with van der Waals surface area (Å²) in [5.41, 5.74) is 0. The van der Waals surface area contributed by atoms with Crippen LogP contribution in [-0.2, 0) is 11.3 Å². The van der Waals surface area contributed by atoms with Crippen molar-refractivity contribution in [3.8, 4) is 0 Å². The van der Waals surface area contributed by atoms with Crippen molar-refractivity contribution in [1.82, 2.24) is 9.55 Å². The van der Waals surface area contributed by atoms with Crippen LogP contribution < -0.4 is 0 Å². The summed E-state index contributed by atoms with van der Waals surface area (Å²) in [5.74, 6) is -0.448. The number of methoxy groups -OCH3 is 1. The molecule has 10 heavy (non-hydrogen) atoms. The lowest BCUT2D eigenvalue weighted by Gasteiger charge is -1.97. The number of ether oxygens (including phenoxy) is 1. The Labute approximate surface area is 58.4 Å². The molecule has 0 amide bonds. The Kier molecular flexibility index (Phi) is 2.39. The highest BCUT2D eigenvalue weighted by Crippen LogP contribution is 1.91. The van der Waals surface area contributed by atoms with Gasteiger partial charge in [-0.05, 0) is 0 Å². The van der Waals surface area contributed by atoms with Gasteiger partial charge in [0.05, 0.1) is 19.1 Å². The molecule has 0 saturated carbocycles. The van der Waals surface area contributed by atoms with Gasteiger partial charge in [0.2, 0.25) is 5.95 Å². The molecule has 56 valence electrons. The molecule has 0 fully saturated rings. The molecule has 1 aromatic rings. The maximum absolute atomic E-state index is 12.2. The average molecular weight is 144 g/mol. The van der Waals surface area contributed by atoms with Crippen molar-refractivity contribution in [2.75, 3.05) is 13.7 Å². The monoisotopic (exact) mass is 144 g/mol. The van der Waals surface area contributed by atoms with Gasteiger partial charge in [-0.3, -0.25) is 0 Å². The summed E-state index contributed by atoms with van der Waals surface area (Å²) in [7, 11) is 1.60. The van der Waals surface area contributed by atoms with Gasteiger partial charge < -0.3 is 9.30 Å². The third kappa shape index (κ3) is 1.80. The van der Waals surface area contributed by atoms with E-state index in [4.69, 9.17) is 4.74 Å². The fourth-order valence-corrected chi connectivity index (χ4v) is 0.652. The van der Waals surface area contributed by atoms with Crippen molar-refractivity contribution >= 4 is 0 Å². The second-order valence-corrected chi connectivity index (χ2v) is 1.93. The van der Waals surface area contributed by atoms with Gasteiger partial charge in [-0.15, -0.1) is 0 Å². The summed E-state index contributed by atoms with van der Waals surface area (Å²) in [6.45, 7) is 1.23. The lowest BCUT2D eigenvalue weighted by molar-refractivity contribution is 0.187. The first-order valence-corrected chi connectivity index (χ1v) is 2.99. The maximum Gasteiger partial charge on any atom is 0.230 e. The van der Waals surface area contributed by atoms with Gasteiger partial charge in [-0.2, -0.15) is 4.39 Å². The highest BCUT2D eigenvalue weighted by atomic mass is 19.1. The van der Waals surface area contributed by atoms with E-state index in [1.807, 2.05) is 0 Å². The Balaban J connectivity index is 2.42. The highest BCUT2D eigenvalue weighted by molar-refractivity contribution is 4.77. The second-order valence-electron chi connectivity index (χ2n) is 1.93. The molecule has 0 radical (unpaired) electrons. The summed E-state index contributed by atoms with van der Waals surface area (Å²) < 4.78 is 18.6. The van der Waals surface area contributed by atoms with Gasteiger partial charge >= 0.3 is 0 Å². The van der Waals surface area contributed by atoms with Gasteiger partial charge in [0.15, 0.2) is 0 Å². The minimum absolute atomic E-state index is 0.448. The predicted molar refractivity (Wildman–Crippen MR) is 34.1 cm³/mol. The van der Waals surface area contributed by atoms with Crippen molar-refractivity contribution in [1.29, 1.82) is 0 Å². The molecular formula is C6H9FN2O. The smallest absolute Gasteiger partial charge is 0.230 e.